The lowest BCUT2D eigenvalue weighted by molar-refractivity contribution is 0.0907. The molecule has 0 aliphatic rings. The van der Waals surface area contributed by atoms with Crippen molar-refractivity contribution in [3.8, 4) is 0 Å². The highest BCUT2D eigenvalue weighted by atomic mass is 35.5. The van der Waals surface area contributed by atoms with Crippen LogP contribution < -0.4 is 5.32 Å². The second-order valence-corrected chi connectivity index (χ2v) is 4.92. The van der Waals surface area contributed by atoms with Crippen molar-refractivity contribution in [3.05, 3.63) is 70.0 Å². The zero-order valence-corrected chi connectivity index (χ0v) is 11.9. The highest BCUT2D eigenvalue weighted by Gasteiger charge is 2.19. The van der Waals surface area contributed by atoms with Gasteiger partial charge in [-0.15, -0.1) is 0 Å². The lowest BCUT2D eigenvalue weighted by Gasteiger charge is -2.14. The molecule has 0 spiro atoms. The van der Waals surface area contributed by atoms with Crippen molar-refractivity contribution in [3.63, 3.8) is 0 Å². The molecule has 0 saturated carbocycles. The van der Waals surface area contributed by atoms with Crippen LogP contribution in [0.2, 0.25) is 5.02 Å². The van der Waals surface area contributed by atoms with Gasteiger partial charge >= 0.3 is 0 Å². The third-order valence-corrected chi connectivity index (χ3v) is 3.20. The molecule has 1 atom stereocenters. The molecule has 0 fully saturated rings. The van der Waals surface area contributed by atoms with Gasteiger partial charge in [-0.1, -0.05) is 17.7 Å². The summed E-state index contributed by atoms with van der Waals surface area (Å²) < 4.78 is 40.4. The molecule has 3 nitrogen and oxygen atoms in total. The van der Waals surface area contributed by atoms with Gasteiger partial charge in [0.05, 0.1) is 11.1 Å². The second kappa shape index (κ2) is 6.81. The molecule has 0 saturated heterocycles. The van der Waals surface area contributed by atoms with Crippen molar-refractivity contribution >= 4 is 17.5 Å². The number of benzene rings is 2. The van der Waals surface area contributed by atoms with E-state index in [4.69, 9.17) is 11.6 Å². The first kappa shape index (κ1) is 16.3. The Morgan fingerprint density at radius 2 is 1.77 bits per heavy atom. The minimum Gasteiger partial charge on any atom is -0.386 e. The Labute approximate surface area is 129 Å². The molecule has 2 aromatic carbocycles. The van der Waals surface area contributed by atoms with Crippen LogP contribution >= 0.6 is 11.6 Å². The van der Waals surface area contributed by atoms with Crippen LogP contribution in [0.15, 0.2) is 36.4 Å². The van der Waals surface area contributed by atoms with Gasteiger partial charge in [-0.05, 0) is 30.3 Å². The molecule has 0 aliphatic heterocycles. The van der Waals surface area contributed by atoms with Crippen LogP contribution in [0.4, 0.5) is 13.2 Å². The number of nitrogens with one attached hydrogen (secondary N) is 1. The van der Waals surface area contributed by atoms with Crippen LogP contribution in [-0.2, 0) is 0 Å². The standard InChI is InChI=1S/C15H11ClF3NO2/c16-8-4-5-10(17)9(6-8)15(22)20-7-13(21)14-11(18)2-1-3-12(14)19/h1-6,13,21H,7H2,(H,20,22). The van der Waals surface area contributed by atoms with Crippen molar-refractivity contribution in [2.45, 2.75) is 6.10 Å². The molecule has 0 aliphatic carbocycles. The van der Waals surface area contributed by atoms with Crippen molar-refractivity contribution in [2.75, 3.05) is 6.54 Å². The molecule has 2 aromatic rings. The first-order valence-electron chi connectivity index (χ1n) is 6.25. The van der Waals surface area contributed by atoms with Crippen LogP contribution in [0.5, 0.6) is 0 Å². The summed E-state index contributed by atoms with van der Waals surface area (Å²) in [5.41, 5.74) is -0.886. The van der Waals surface area contributed by atoms with Gasteiger partial charge in [0.2, 0.25) is 0 Å². The Balaban J connectivity index is 2.09. The van der Waals surface area contributed by atoms with Crippen molar-refractivity contribution in [2.24, 2.45) is 0 Å². The summed E-state index contributed by atoms with van der Waals surface area (Å²) in [7, 11) is 0. The molecule has 2 N–H and O–H groups in total. The van der Waals surface area contributed by atoms with E-state index in [1.54, 1.807) is 0 Å². The summed E-state index contributed by atoms with van der Waals surface area (Å²) in [6.07, 6.45) is -1.60. The molecule has 0 heterocycles. The summed E-state index contributed by atoms with van der Waals surface area (Å²) in [6, 6.07) is 6.53. The lowest BCUT2D eigenvalue weighted by Crippen LogP contribution is -2.29. The number of hydrogen-bond donors (Lipinski definition) is 2. The fourth-order valence-corrected chi connectivity index (χ4v) is 2.06. The van der Waals surface area contributed by atoms with Gasteiger partial charge in [-0.3, -0.25) is 4.79 Å². The molecular weight excluding hydrogens is 319 g/mol. The van der Waals surface area contributed by atoms with Gasteiger partial charge in [0.15, 0.2) is 0 Å². The van der Waals surface area contributed by atoms with E-state index < -0.39 is 41.6 Å². The molecular formula is C15H11ClF3NO2. The molecule has 0 radical (unpaired) electrons. The maximum absolute atomic E-state index is 13.5. The van der Waals surface area contributed by atoms with Crippen LogP contribution in [0.1, 0.15) is 22.0 Å². The normalized spacial score (nSPS) is 12.0. The molecule has 0 aromatic heterocycles. The van der Waals surface area contributed by atoms with Crippen molar-refractivity contribution in [1.82, 2.24) is 5.32 Å². The lowest BCUT2D eigenvalue weighted by atomic mass is 10.1. The molecule has 22 heavy (non-hydrogen) atoms. The smallest absolute Gasteiger partial charge is 0.254 e. The maximum atomic E-state index is 13.5. The number of halogens is 4. The van der Waals surface area contributed by atoms with Gasteiger partial charge in [-0.25, -0.2) is 13.2 Å². The molecule has 116 valence electrons. The number of carbonyl (C=O) groups is 1. The molecule has 2 rings (SSSR count). The Bertz CT molecular complexity index is 689. The van der Waals surface area contributed by atoms with Crippen molar-refractivity contribution < 1.29 is 23.1 Å². The average molecular weight is 330 g/mol. The number of rotatable bonds is 4. The summed E-state index contributed by atoms with van der Waals surface area (Å²) >= 11 is 5.67. The third kappa shape index (κ3) is 3.58. The molecule has 1 amide bonds. The van der Waals surface area contributed by atoms with Crippen LogP contribution in [0, 0.1) is 17.5 Å². The average Bonchev–Trinajstić information content (AvgIpc) is 2.47. The fraction of sp³-hybridized carbons (Fsp3) is 0.133. The first-order valence-corrected chi connectivity index (χ1v) is 6.63. The number of aliphatic hydroxyl groups is 1. The van der Waals surface area contributed by atoms with Crippen LogP contribution in [-0.4, -0.2) is 17.6 Å². The molecule has 1 unspecified atom stereocenters. The third-order valence-electron chi connectivity index (χ3n) is 2.96. The highest BCUT2D eigenvalue weighted by Crippen LogP contribution is 2.20. The van der Waals surface area contributed by atoms with E-state index in [0.29, 0.717) is 0 Å². The summed E-state index contributed by atoms with van der Waals surface area (Å²) in [5, 5.41) is 12.1. The number of aliphatic hydroxyl groups excluding tert-OH is 1. The van der Waals surface area contributed by atoms with E-state index in [2.05, 4.69) is 5.32 Å². The number of amides is 1. The van der Waals surface area contributed by atoms with E-state index in [1.165, 1.54) is 6.07 Å². The summed E-state index contributed by atoms with van der Waals surface area (Å²) in [5.74, 6) is -3.52. The largest absolute Gasteiger partial charge is 0.386 e. The van der Waals surface area contributed by atoms with Crippen LogP contribution in [0.3, 0.4) is 0 Å². The predicted molar refractivity (Wildman–Crippen MR) is 75.1 cm³/mol. The van der Waals surface area contributed by atoms with E-state index >= 15 is 0 Å². The fourth-order valence-electron chi connectivity index (χ4n) is 1.89. The second-order valence-electron chi connectivity index (χ2n) is 4.49. The van der Waals surface area contributed by atoms with Gasteiger partial charge < -0.3 is 10.4 Å². The van der Waals surface area contributed by atoms with Gasteiger partial charge in [0.25, 0.3) is 5.91 Å². The zero-order chi connectivity index (χ0) is 16.3. The van der Waals surface area contributed by atoms with Gasteiger partial charge in [-0.2, -0.15) is 0 Å². The van der Waals surface area contributed by atoms with E-state index in [-0.39, 0.29) is 10.6 Å². The Kier molecular flexibility index (Phi) is 5.05. The van der Waals surface area contributed by atoms with Crippen LogP contribution in [0.25, 0.3) is 0 Å². The van der Waals surface area contributed by atoms with Crippen molar-refractivity contribution in [1.29, 1.82) is 0 Å². The number of carbonyl (C=O) groups excluding carboxylic acids is 1. The minimum atomic E-state index is -1.60. The molecule has 7 heteroatoms. The Hall–Kier alpha value is -2.05. The quantitative estimate of drug-likeness (QED) is 0.905. The van der Waals surface area contributed by atoms with E-state index in [1.807, 2.05) is 0 Å². The zero-order valence-electron chi connectivity index (χ0n) is 11.1. The van der Waals surface area contributed by atoms with Gasteiger partial charge in [0.1, 0.15) is 23.6 Å². The predicted octanol–water partition coefficient (Wildman–Crippen LogP) is 3.22. The topological polar surface area (TPSA) is 49.3 Å². The minimum absolute atomic E-state index is 0.159. The summed E-state index contributed by atoms with van der Waals surface area (Å²) in [4.78, 5) is 11.8. The van der Waals surface area contributed by atoms with Gasteiger partial charge in [0, 0.05) is 11.6 Å². The first-order chi connectivity index (χ1) is 10.4. The Morgan fingerprint density at radius 1 is 1.14 bits per heavy atom. The number of hydrogen-bond acceptors (Lipinski definition) is 2. The van der Waals surface area contributed by atoms with E-state index in [0.717, 1.165) is 30.3 Å². The monoisotopic (exact) mass is 329 g/mol. The Morgan fingerprint density at radius 3 is 2.41 bits per heavy atom. The van der Waals surface area contributed by atoms with E-state index in [9.17, 15) is 23.1 Å². The molecule has 0 bridgehead atoms. The summed E-state index contributed by atoms with van der Waals surface area (Å²) in [6.45, 7) is -0.483. The maximum Gasteiger partial charge on any atom is 0.254 e. The highest BCUT2D eigenvalue weighted by molar-refractivity contribution is 6.31. The SMILES string of the molecule is O=C(NCC(O)c1c(F)cccc1F)c1cc(Cl)ccc1F.